The summed E-state index contributed by atoms with van der Waals surface area (Å²) in [7, 11) is -5.62. The van der Waals surface area contributed by atoms with E-state index in [0.29, 0.717) is 0 Å². The molecule has 1 aromatic carbocycles. The minimum atomic E-state index is -5.62. The summed E-state index contributed by atoms with van der Waals surface area (Å²) in [5.74, 6) is -9.79. The summed E-state index contributed by atoms with van der Waals surface area (Å²) in [6.45, 7) is -1.01. The SMILES string of the molecule is O=C(NCc1c(F)cc(F)c(OS(=O)(=O)[O-])c1F)c1cn2c(c(O)c1=O)C(=O)N1[C@@H](C2)O[C@@H]2CCC23C[C@@H]13. The van der Waals surface area contributed by atoms with Gasteiger partial charge in [0.15, 0.2) is 29.3 Å². The minimum Gasteiger partial charge on any atom is -0.716 e. The Morgan fingerprint density at radius 1 is 1.29 bits per heavy atom. The Morgan fingerprint density at radius 2 is 2.03 bits per heavy atom. The van der Waals surface area contributed by atoms with Crippen LogP contribution in [0.15, 0.2) is 17.1 Å². The molecule has 1 unspecified atom stereocenters. The Bertz CT molecular complexity index is 1610. The van der Waals surface area contributed by atoms with E-state index < -0.39 is 80.5 Å². The summed E-state index contributed by atoms with van der Waals surface area (Å²) in [5.41, 5.74) is -3.35. The Hall–Kier alpha value is -3.63. The Morgan fingerprint density at radius 3 is 2.68 bits per heavy atom. The van der Waals surface area contributed by atoms with E-state index in [0.717, 1.165) is 25.5 Å². The second-order valence-electron chi connectivity index (χ2n) is 9.64. The Kier molecular flexibility index (Phi) is 5.16. The average molecular weight is 556 g/mol. The van der Waals surface area contributed by atoms with Crippen LogP contribution in [0.1, 0.15) is 45.7 Å². The molecule has 0 bridgehead atoms. The molecule has 2 aromatic rings. The normalized spacial score (nSPS) is 26.9. The summed E-state index contributed by atoms with van der Waals surface area (Å²) >= 11 is 0. The average Bonchev–Trinajstić information content (AvgIpc) is 3.58. The van der Waals surface area contributed by atoms with Crippen LogP contribution in [0.25, 0.3) is 0 Å². The molecule has 0 radical (unpaired) electrons. The molecule has 3 fully saturated rings. The second-order valence-corrected chi connectivity index (χ2v) is 10.6. The molecule has 2 aliphatic carbocycles. The van der Waals surface area contributed by atoms with Crippen molar-refractivity contribution in [3.8, 4) is 11.5 Å². The lowest BCUT2D eigenvalue weighted by molar-refractivity contribution is -0.196. The van der Waals surface area contributed by atoms with Gasteiger partial charge >= 0.3 is 0 Å². The van der Waals surface area contributed by atoms with Crippen LogP contribution in [-0.4, -0.2) is 57.7 Å². The van der Waals surface area contributed by atoms with Gasteiger partial charge in [-0.15, -0.1) is 0 Å². The third-order valence-electron chi connectivity index (χ3n) is 7.68. The van der Waals surface area contributed by atoms with Crippen LogP contribution in [0, 0.1) is 22.9 Å². The second kappa shape index (κ2) is 7.94. The predicted octanol–water partition coefficient (Wildman–Crippen LogP) is 0.473. The van der Waals surface area contributed by atoms with E-state index in [1.807, 2.05) is 5.32 Å². The van der Waals surface area contributed by atoms with E-state index in [2.05, 4.69) is 4.18 Å². The number of rotatable bonds is 5. The number of carbonyl (C=O) groups excluding carboxylic acids is 2. The summed E-state index contributed by atoms with van der Waals surface area (Å²) in [6, 6.07) is -0.00668. The van der Waals surface area contributed by atoms with Crippen LogP contribution in [0.3, 0.4) is 0 Å². The van der Waals surface area contributed by atoms with Crippen molar-refractivity contribution in [2.45, 2.75) is 50.7 Å². The van der Waals surface area contributed by atoms with Crippen LogP contribution in [0.2, 0.25) is 0 Å². The molecule has 2 amide bonds. The molecule has 2 saturated carbocycles. The number of benzene rings is 1. The zero-order valence-electron chi connectivity index (χ0n) is 19.1. The molecule has 2 aliphatic heterocycles. The van der Waals surface area contributed by atoms with Crippen LogP contribution in [0.4, 0.5) is 13.2 Å². The molecular formula is C22H17F3N3O9S-. The maximum atomic E-state index is 14.5. The number of amides is 2. The lowest BCUT2D eigenvalue weighted by Crippen LogP contribution is -2.61. The third-order valence-corrected chi connectivity index (χ3v) is 8.05. The van der Waals surface area contributed by atoms with Crippen molar-refractivity contribution >= 4 is 22.2 Å². The van der Waals surface area contributed by atoms with Gasteiger partial charge in [-0.1, -0.05) is 0 Å². The first-order valence-electron chi connectivity index (χ1n) is 11.4. The summed E-state index contributed by atoms with van der Waals surface area (Å²) in [6.07, 6.45) is 2.90. The van der Waals surface area contributed by atoms with Gasteiger partial charge in [0.2, 0.25) is 11.2 Å². The molecule has 12 nitrogen and oxygen atoms in total. The fourth-order valence-corrected chi connectivity index (χ4v) is 6.03. The van der Waals surface area contributed by atoms with Crippen molar-refractivity contribution in [3.05, 3.63) is 56.8 Å². The molecule has 4 atom stereocenters. The van der Waals surface area contributed by atoms with Gasteiger partial charge in [-0.05, 0) is 19.3 Å². The lowest BCUT2D eigenvalue weighted by Gasteiger charge is -2.50. The zero-order valence-corrected chi connectivity index (χ0v) is 19.9. The van der Waals surface area contributed by atoms with Gasteiger partial charge in [0.25, 0.3) is 22.2 Å². The molecule has 4 aliphatic rings. The molecule has 3 heterocycles. The number of nitrogens with zero attached hydrogens (tertiary/aromatic N) is 2. The Balaban J connectivity index is 1.27. The highest BCUT2D eigenvalue weighted by molar-refractivity contribution is 7.81. The largest absolute Gasteiger partial charge is 0.716 e. The molecule has 1 saturated heterocycles. The number of hydrogen-bond donors (Lipinski definition) is 2. The van der Waals surface area contributed by atoms with Gasteiger partial charge in [-0.2, -0.15) is 0 Å². The smallest absolute Gasteiger partial charge is 0.276 e. The number of fused-ring (bicyclic) bond motifs is 3. The van der Waals surface area contributed by atoms with Crippen LogP contribution in [-0.2, 0) is 28.2 Å². The number of pyridine rings is 1. The fourth-order valence-electron chi connectivity index (χ4n) is 5.67. The van der Waals surface area contributed by atoms with Crippen molar-refractivity contribution in [1.29, 1.82) is 0 Å². The summed E-state index contributed by atoms with van der Waals surface area (Å²) in [4.78, 5) is 40.2. The van der Waals surface area contributed by atoms with E-state index in [1.165, 1.54) is 9.47 Å². The monoisotopic (exact) mass is 556 g/mol. The topological polar surface area (TPSA) is 167 Å². The van der Waals surface area contributed by atoms with E-state index in [4.69, 9.17) is 4.74 Å². The molecule has 16 heteroatoms. The number of nitrogens with one attached hydrogen (secondary N) is 1. The quantitative estimate of drug-likeness (QED) is 0.393. The first-order valence-corrected chi connectivity index (χ1v) is 12.7. The van der Waals surface area contributed by atoms with Crippen LogP contribution in [0.5, 0.6) is 11.5 Å². The van der Waals surface area contributed by atoms with Gasteiger partial charge in [0, 0.05) is 35.8 Å². The number of halogens is 3. The summed E-state index contributed by atoms with van der Waals surface area (Å²) < 4.78 is 85.6. The predicted molar refractivity (Wildman–Crippen MR) is 115 cm³/mol. The van der Waals surface area contributed by atoms with Gasteiger partial charge < -0.3 is 33.4 Å². The number of aromatic nitrogens is 1. The fraction of sp³-hybridized carbons (Fsp3) is 0.409. The number of ether oxygens (including phenoxy) is 1. The first kappa shape index (κ1) is 24.7. The van der Waals surface area contributed by atoms with Gasteiger partial charge in [-0.3, -0.25) is 14.4 Å². The van der Waals surface area contributed by atoms with E-state index >= 15 is 0 Å². The van der Waals surface area contributed by atoms with Crippen molar-refractivity contribution < 1.29 is 49.8 Å². The summed E-state index contributed by atoms with van der Waals surface area (Å²) in [5, 5.41) is 12.6. The number of carbonyl (C=O) groups is 2. The van der Waals surface area contributed by atoms with Gasteiger partial charge in [0.1, 0.15) is 11.4 Å². The van der Waals surface area contributed by atoms with Gasteiger partial charge in [-0.25, -0.2) is 21.6 Å². The number of hydrogen-bond acceptors (Lipinski definition) is 9. The Labute approximate surface area is 211 Å². The minimum absolute atomic E-state index is 0.00447. The maximum Gasteiger partial charge on any atom is 0.276 e. The maximum absolute atomic E-state index is 14.5. The van der Waals surface area contributed by atoms with Crippen molar-refractivity contribution in [2.75, 3.05) is 0 Å². The van der Waals surface area contributed by atoms with Crippen LogP contribution >= 0.6 is 0 Å². The highest BCUT2D eigenvalue weighted by atomic mass is 32.3. The van der Waals surface area contributed by atoms with Crippen molar-refractivity contribution in [3.63, 3.8) is 0 Å². The third kappa shape index (κ3) is 3.50. The van der Waals surface area contributed by atoms with E-state index in [9.17, 15) is 45.6 Å². The first-order chi connectivity index (χ1) is 17.8. The molecule has 202 valence electrons. The van der Waals surface area contributed by atoms with Crippen LogP contribution < -0.4 is 14.9 Å². The molecule has 38 heavy (non-hydrogen) atoms. The highest BCUT2D eigenvalue weighted by Crippen LogP contribution is 2.67. The molecule has 1 aromatic heterocycles. The van der Waals surface area contributed by atoms with E-state index in [1.54, 1.807) is 0 Å². The molecular weight excluding hydrogens is 539 g/mol. The zero-order chi connectivity index (χ0) is 27.3. The highest BCUT2D eigenvalue weighted by Gasteiger charge is 2.72. The van der Waals surface area contributed by atoms with Crippen molar-refractivity contribution in [1.82, 2.24) is 14.8 Å². The molecule has 2 N–H and O–H groups in total. The van der Waals surface area contributed by atoms with Gasteiger partial charge in [0.05, 0.1) is 12.6 Å². The number of aromatic hydroxyl groups is 1. The van der Waals surface area contributed by atoms with E-state index in [-0.39, 0.29) is 35.9 Å². The lowest BCUT2D eigenvalue weighted by atomic mass is 9.76. The van der Waals surface area contributed by atoms with Crippen molar-refractivity contribution in [2.24, 2.45) is 5.41 Å². The standard InChI is InChI=1S/C22H18F3N3O9S/c23-10-3-11(24)19(37-38(33,34)35)15(25)8(10)5-26-20(31)9-6-27-7-14-28(21(32)16(27)18(30)17(9)29)12-4-22(12)2-1-13(22)36-14/h3,6,12-14,30H,1-2,4-5,7H2,(H,26,31)(H,33,34,35)/p-1/t12-,13-,14-,22?/m1/s1. The molecule has 6 rings (SSSR count). The molecule has 1 spiro atoms.